The van der Waals surface area contributed by atoms with Crippen LogP contribution >= 0.6 is 0 Å². The van der Waals surface area contributed by atoms with Gasteiger partial charge in [0.1, 0.15) is 11.9 Å². The molecule has 0 bridgehead atoms. The highest BCUT2D eigenvalue weighted by molar-refractivity contribution is 6.21. The number of aromatic nitrogens is 1. The minimum Gasteiger partial charge on any atom is -0.483 e. The molecule has 1 saturated heterocycles. The Morgan fingerprint density at radius 2 is 1.92 bits per heavy atom. The molecule has 1 atom stereocenters. The molecule has 3 amide bonds. The highest BCUT2D eigenvalue weighted by Crippen LogP contribution is 2.31. The summed E-state index contributed by atoms with van der Waals surface area (Å²) in [5.41, 5.74) is 12.2. The number of carbonyl (C=O) groups is 2. The summed E-state index contributed by atoms with van der Waals surface area (Å²) in [6, 6.07) is 6.60. The van der Waals surface area contributed by atoms with Crippen molar-refractivity contribution in [1.29, 1.82) is 0 Å². The van der Waals surface area contributed by atoms with Crippen LogP contribution in [0.4, 0.5) is 19.4 Å². The summed E-state index contributed by atoms with van der Waals surface area (Å²) in [5.74, 6) is -1.83. The number of nitrogens with two attached hydrogens (primary N) is 2. The number of amides is 3. The van der Waals surface area contributed by atoms with E-state index >= 15 is 0 Å². The predicted molar refractivity (Wildman–Crippen MR) is 129 cm³/mol. The van der Waals surface area contributed by atoms with Gasteiger partial charge < -0.3 is 21.1 Å². The van der Waals surface area contributed by atoms with E-state index in [9.17, 15) is 18.4 Å². The number of likely N-dealkylation sites (tertiary alicyclic amines) is 1. The van der Waals surface area contributed by atoms with Gasteiger partial charge in [0.2, 0.25) is 0 Å². The van der Waals surface area contributed by atoms with E-state index < -0.39 is 23.9 Å². The van der Waals surface area contributed by atoms with Crippen molar-refractivity contribution in [2.45, 2.75) is 32.4 Å². The second kappa shape index (κ2) is 10.1. The maximum Gasteiger partial charge on any atom is 0.341 e. The molecule has 1 aromatic heterocycles. The molecular formula is C24H25F2N7O3. The number of pyridine rings is 1. The fourth-order valence-corrected chi connectivity index (χ4v) is 4.03. The SMILES string of the molecule is CC(=Nc1cc(OC2CN(C(=O)N3N=CC[C@H]3c3cccc(F)c3)C2)c(F)cn1)C(C(N)=O)=C(C)N. The molecule has 1 aromatic carbocycles. The largest absolute Gasteiger partial charge is 0.483 e. The molecule has 1 fully saturated rings. The van der Waals surface area contributed by atoms with Crippen LogP contribution in [0.15, 0.2) is 57.9 Å². The van der Waals surface area contributed by atoms with Crippen LogP contribution in [0.3, 0.4) is 0 Å². The average molecular weight is 498 g/mol. The number of benzene rings is 1. The smallest absolute Gasteiger partial charge is 0.341 e. The maximum atomic E-state index is 14.3. The van der Waals surface area contributed by atoms with Crippen molar-refractivity contribution >= 4 is 29.7 Å². The zero-order valence-electron chi connectivity index (χ0n) is 19.7. The quantitative estimate of drug-likeness (QED) is 0.467. The molecule has 4 rings (SSSR count). The molecule has 4 N–H and O–H groups in total. The van der Waals surface area contributed by atoms with E-state index in [0.29, 0.717) is 12.0 Å². The van der Waals surface area contributed by atoms with Gasteiger partial charge in [0.15, 0.2) is 17.4 Å². The van der Waals surface area contributed by atoms with Crippen molar-refractivity contribution in [1.82, 2.24) is 14.9 Å². The first-order valence-electron chi connectivity index (χ1n) is 11.1. The molecule has 3 heterocycles. The van der Waals surface area contributed by atoms with Gasteiger partial charge in [-0.2, -0.15) is 5.10 Å². The van der Waals surface area contributed by atoms with Gasteiger partial charge in [-0.15, -0.1) is 0 Å². The monoisotopic (exact) mass is 497 g/mol. The van der Waals surface area contributed by atoms with Gasteiger partial charge in [0, 0.05) is 24.4 Å². The third-order valence-corrected chi connectivity index (χ3v) is 5.76. The van der Waals surface area contributed by atoms with Gasteiger partial charge >= 0.3 is 6.03 Å². The molecule has 12 heteroatoms. The molecule has 0 aliphatic carbocycles. The van der Waals surface area contributed by atoms with Gasteiger partial charge in [-0.3, -0.25) is 4.79 Å². The molecule has 2 aliphatic rings. The average Bonchev–Trinajstić information content (AvgIpc) is 3.27. The molecule has 0 unspecified atom stereocenters. The van der Waals surface area contributed by atoms with E-state index in [4.69, 9.17) is 16.2 Å². The number of allylic oxidation sites excluding steroid dienone is 1. The predicted octanol–water partition coefficient (Wildman–Crippen LogP) is 2.79. The Hall–Kier alpha value is -4.35. The summed E-state index contributed by atoms with van der Waals surface area (Å²) in [4.78, 5) is 34.2. The third-order valence-electron chi connectivity index (χ3n) is 5.76. The van der Waals surface area contributed by atoms with Crippen molar-refractivity contribution in [3.8, 4) is 5.75 Å². The number of halogens is 2. The Morgan fingerprint density at radius 3 is 2.58 bits per heavy atom. The molecule has 10 nitrogen and oxygen atoms in total. The number of aliphatic imine (C=N–C) groups is 1. The number of rotatable bonds is 6. The lowest BCUT2D eigenvalue weighted by molar-refractivity contribution is -0.114. The summed E-state index contributed by atoms with van der Waals surface area (Å²) < 4.78 is 33.7. The number of hydrazone groups is 1. The first kappa shape index (κ1) is 24.8. The van der Waals surface area contributed by atoms with E-state index in [0.717, 1.165) is 6.20 Å². The number of carbonyl (C=O) groups excluding carboxylic acids is 2. The van der Waals surface area contributed by atoms with Gasteiger partial charge in [-0.1, -0.05) is 12.1 Å². The van der Waals surface area contributed by atoms with Crippen molar-refractivity contribution in [3.63, 3.8) is 0 Å². The van der Waals surface area contributed by atoms with Crippen LogP contribution in [-0.4, -0.2) is 58.0 Å². The van der Waals surface area contributed by atoms with Crippen LogP contribution in [0.25, 0.3) is 0 Å². The summed E-state index contributed by atoms with van der Waals surface area (Å²) in [6.45, 7) is 3.47. The number of nitrogens with zero attached hydrogens (tertiary/aromatic N) is 5. The highest BCUT2D eigenvalue weighted by Gasteiger charge is 2.39. The van der Waals surface area contributed by atoms with Gasteiger partial charge in [0.05, 0.1) is 36.6 Å². The van der Waals surface area contributed by atoms with E-state index in [2.05, 4.69) is 15.1 Å². The fraction of sp³-hybridized carbons (Fsp3) is 0.292. The molecule has 36 heavy (non-hydrogen) atoms. The Kier molecular flexibility index (Phi) is 6.95. The Bertz CT molecular complexity index is 1280. The Balaban J connectivity index is 1.40. The standard InChI is InChI=1S/C24H25F2N7O3/c1-13(27)22(23(28)34)14(2)31-21-9-20(18(26)10-29-21)36-17-11-32(12-17)24(35)33-19(6-7-30-33)15-4-3-5-16(25)8-15/h3-5,7-10,17,19H,6,11-12,27H2,1-2H3,(H2,28,34)/t19-/m0/s1. The zero-order chi connectivity index (χ0) is 26.0. The van der Waals surface area contributed by atoms with Crippen molar-refractivity contribution in [2.24, 2.45) is 21.6 Å². The Labute approximate surface area is 205 Å². The van der Waals surface area contributed by atoms with Gasteiger partial charge in [-0.05, 0) is 31.5 Å². The second-order valence-electron chi connectivity index (χ2n) is 8.47. The number of hydrogen-bond acceptors (Lipinski definition) is 7. The number of primary amides is 1. The van der Waals surface area contributed by atoms with E-state index in [1.807, 2.05) is 0 Å². The number of hydrogen-bond donors (Lipinski definition) is 2. The second-order valence-corrected chi connectivity index (χ2v) is 8.47. The summed E-state index contributed by atoms with van der Waals surface area (Å²) in [6.07, 6.45) is 2.58. The van der Waals surface area contributed by atoms with Crippen LogP contribution in [-0.2, 0) is 4.79 Å². The van der Waals surface area contributed by atoms with Crippen LogP contribution < -0.4 is 16.2 Å². The summed E-state index contributed by atoms with van der Waals surface area (Å²) >= 11 is 0. The van der Waals surface area contributed by atoms with Gasteiger partial charge in [-0.25, -0.2) is 28.6 Å². The Morgan fingerprint density at radius 1 is 1.17 bits per heavy atom. The number of urea groups is 1. The molecular weight excluding hydrogens is 472 g/mol. The highest BCUT2D eigenvalue weighted by atomic mass is 19.1. The topological polar surface area (TPSA) is 140 Å². The molecule has 0 radical (unpaired) electrons. The fourth-order valence-electron chi connectivity index (χ4n) is 4.03. The molecule has 188 valence electrons. The van der Waals surface area contributed by atoms with Crippen LogP contribution in [0.2, 0.25) is 0 Å². The van der Waals surface area contributed by atoms with Crippen LogP contribution in [0, 0.1) is 11.6 Å². The van der Waals surface area contributed by atoms with E-state index in [-0.39, 0.29) is 53.5 Å². The first-order chi connectivity index (χ1) is 17.1. The van der Waals surface area contributed by atoms with E-state index in [1.54, 1.807) is 18.3 Å². The van der Waals surface area contributed by atoms with Crippen molar-refractivity contribution < 1.29 is 23.1 Å². The van der Waals surface area contributed by atoms with Crippen LogP contribution in [0.1, 0.15) is 31.9 Å². The van der Waals surface area contributed by atoms with Crippen molar-refractivity contribution in [2.75, 3.05) is 13.1 Å². The third kappa shape index (κ3) is 5.16. The van der Waals surface area contributed by atoms with Crippen molar-refractivity contribution in [3.05, 3.63) is 65.0 Å². The van der Waals surface area contributed by atoms with Crippen LogP contribution in [0.5, 0.6) is 5.75 Å². The minimum atomic E-state index is -0.740. The molecule has 0 spiro atoms. The lowest BCUT2D eigenvalue weighted by Gasteiger charge is -2.41. The normalized spacial score (nSPS) is 18.7. The van der Waals surface area contributed by atoms with E-state index in [1.165, 1.54) is 42.0 Å². The zero-order valence-corrected chi connectivity index (χ0v) is 19.7. The number of ether oxygens (including phenoxy) is 1. The summed E-state index contributed by atoms with van der Waals surface area (Å²) in [7, 11) is 0. The minimum absolute atomic E-state index is 0.0536. The lowest BCUT2D eigenvalue weighted by Crippen LogP contribution is -2.58. The summed E-state index contributed by atoms with van der Waals surface area (Å²) in [5, 5.41) is 5.47. The molecule has 2 aromatic rings. The maximum absolute atomic E-state index is 14.3. The van der Waals surface area contributed by atoms with Gasteiger partial charge in [0.25, 0.3) is 5.91 Å². The molecule has 2 aliphatic heterocycles. The molecule has 0 saturated carbocycles. The first-order valence-corrected chi connectivity index (χ1v) is 11.1. The lowest BCUT2D eigenvalue weighted by atomic mass is 10.0.